The molecule has 6 nitrogen and oxygen atoms in total. The monoisotopic (exact) mass is 592 g/mol. The number of esters is 1. The summed E-state index contributed by atoms with van der Waals surface area (Å²) < 4.78 is 22.8. The standard InChI is InChI=1S/C34H60O6Si/c1-29(17-16-18-30(2)24-28-39-33-19-12-15-26-38-33)20-21-31(35)22-23-32(36)37-25-13-10-8-9-11-14-27-40-41(6,7)34(3,4)5/h17,24,31,33,35H,8-16,18-21,25-28H2,1-7H3/b29-17+,30-24+. The number of unbranched alkanes of at least 4 members (excludes halogenated alkanes) is 5. The second-order valence-corrected chi connectivity index (χ2v) is 17.8. The van der Waals surface area contributed by atoms with E-state index in [4.69, 9.17) is 18.6 Å². The van der Waals surface area contributed by atoms with Crippen LogP contribution in [-0.4, -0.2) is 58.2 Å². The highest BCUT2D eigenvalue weighted by Gasteiger charge is 2.36. The van der Waals surface area contributed by atoms with E-state index in [2.05, 4.69) is 71.7 Å². The van der Waals surface area contributed by atoms with Gasteiger partial charge in [0.1, 0.15) is 6.10 Å². The molecule has 0 spiro atoms. The summed E-state index contributed by atoms with van der Waals surface area (Å²) in [5.41, 5.74) is 2.52. The molecule has 0 aromatic rings. The number of hydrogen-bond donors (Lipinski definition) is 1. The van der Waals surface area contributed by atoms with Gasteiger partial charge in [0.25, 0.3) is 0 Å². The molecule has 0 amide bonds. The molecule has 7 heteroatoms. The van der Waals surface area contributed by atoms with E-state index in [1.54, 1.807) is 0 Å². The van der Waals surface area contributed by atoms with Crippen LogP contribution in [0.5, 0.6) is 0 Å². The third kappa shape index (κ3) is 19.4. The molecule has 1 aliphatic rings. The van der Waals surface area contributed by atoms with Crippen LogP contribution in [0.4, 0.5) is 0 Å². The van der Waals surface area contributed by atoms with Crippen molar-refractivity contribution in [2.24, 2.45) is 0 Å². The minimum absolute atomic E-state index is 0.0461. The van der Waals surface area contributed by atoms with Crippen LogP contribution >= 0.6 is 0 Å². The van der Waals surface area contributed by atoms with Gasteiger partial charge in [0, 0.05) is 19.1 Å². The number of aliphatic hydroxyl groups excluding tert-OH is 1. The summed E-state index contributed by atoms with van der Waals surface area (Å²) in [5, 5.41) is 10.4. The smallest absolute Gasteiger partial charge is 0.384 e. The number of carbonyl (C=O) groups is 1. The van der Waals surface area contributed by atoms with Crippen LogP contribution in [0.3, 0.4) is 0 Å². The van der Waals surface area contributed by atoms with E-state index in [-0.39, 0.29) is 11.3 Å². The molecule has 0 aromatic heterocycles. The molecule has 2 atom stereocenters. The summed E-state index contributed by atoms with van der Waals surface area (Å²) in [4.78, 5) is 11.9. The van der Waals surface area contributed by atoms with E-state index in [1.165, 1.54) is 30.4 Å². The second kappa shape index (κ2) is 21.3. The zero-order valence-electron chi connectivity index (χ0n) is 27.3. The quantitative estimate of drug-likeness (QED) is 0.0406. The van der Waals surface area contributed by atoms with Crippen molar-refractivity contribution in [3.8, 4) is 11.8 Å². The first-order valence-corrected chi connectivity index (χ1v) is 18.9. The number of ether oxygens (including phenoxy) is 3. The molecular formula is C34H60O6Si. The van der Waals surface area contributed by atoms with Crippen LogP contribution in [0.1, 0.15) is 118 Å². The van der Waals surface area contributed by atoms with E-state index in [1.807, 2.05) is 0 Å². The van der Waals surface area contributed by atoms with Crippen molar-refractivity contribution in [2.45, 2.75) is 149 Å². The summed E-state index contributed by atoms with van der Waals surface area (Å²) in [6.45, 7) is 18.3. The van der Waals surface area contributed by atoms with Crippen molar-refractivity contribution < 1.29 is 28.5 Å². The van der Waals surface area contributed by atoms with Crippen molar-refractivity contribution in [2.75, 3.05) is 26.4 Å². The minimum atomic E-state index is -1.63. The topological polar surface area (TPSA) is 74.2 Å². The van der Waals surface area contributed by atoms with Crippen LogP contribution in [0.2, 0.25) is 18.1 Å². The van der Waals surface area contributed by atoms with Crippen LogP contribution < -0.4 is 0 Å². The summed E-state index contributed by atoms with van der Waals surface area (Å²) in [5.74, 6) is 4.50. The van der Waals surface area contributed by atoms with Crippen LogP contribution in [0, 0.1) is 11.8 Å². The predicted molar refractivity (Wildman–Crippen MR) is 171 cm³/mol. The highest BCUT2D eigenvalue weighted by atomic mass is 28.4. The molecule has 1 saturated heterocycles. The van der Waals surface area contributed by atoms with Gasteiger partial charge in [-0.25, -0.2) is 4.79 Å². The van der Waals surface area contributed by atoms with Crippen molar-refractivity contribution in [3.05, 3.63) is 23.3 Å². The molecular weight excluding hydrogens is 532 g/mol. The van der Waals surface area contributed by atoms with E-state index in [0.29, 0.717) is 19.6 Å². The third-order valence-corrected chi connectivity index (χ3v) is 12.6. The van der Waals surface area contributed by atoms with E-state index < -0.39 is 20.4 Å². The molecule has 41 heavy (non-hydrogen) atoms. The lowest BCUT2D eigenvalue weighted by Gasteiger charge is -2.36. The van der Waals surface area contributed by atoms with E-state index in [0.717, 1.165) is 71.0 Å². The van der Waals surface area contributed by atoms with E-state index in [9.17, 15) is 9.90 Å². The van der Waals surface area contributed by atoms with Gasteiger partial charge in [0.05, 0.1) is 13.2 Å². The third-order valence-electron chi connectivity index (χ3n) is 8.08. The van der Waals surface area contributed by atoms with Gasteiger partial charge in [0.15, 0.2) is 14.6 Å². The molecule has 0 saturated carbocycles. The zero-order valence-corrected chi connectivity index (χ0v) is 28.3. The molecule has 236 valence electrons. The summed E-state index contributed by atoms with van der Waals surface area (Å²) in [6, 6.07) is 0. The number of allylic oxidation sites excluding steroid dienone is 3. The highest BCUT2D eigenvalue weighted by molar-refractivity contribution is 6.74. The van der Waals surface area contributed by atoms with Crippen molar-refractivity contribution >= 4 is 14.3 Å². The van der Waals surface area contributed by atoms with Gasteiger partial charge >= 0.3 is 5.97 Å². The van der Waals surface area contributed by atoms with Gasteiger partial charge in [-0.05, 0) is 89.8 Å². The van der Waals surface area contributed by atoms with Crippen molar-refractivity contribution in [3.63, 3.8) is 0 Å². The molecule has 0 aliphatic carbocycles. The lowest BCUT2D eigenvalue weighted by molar-refractivity contribution is -0.155. The highest BCUT2D eigenvalue weighted by Crippen LogP contribution is 2.36. The average Bonchev–Trinajstić information content (AvgIpc) is 2.91. The van der Waals surface area contributed by atoms with Crippen LogP contribution in [0.25, 0.3) is 0 Å². The van der Waals surface area contributed by atoms with Crippen molar-refractivity contribution in [1.29, 1.82) is 0 Å². The molecule has 0 bridgehead atoms. The Labute approximate surface area is 252 Å². The van der Waals surface area contributed by atoms with Gasteiger partial charge in [-0.15, -0.1) is 0 Å². The molecule has 1 fully saturated rings. The van der Waals surface area contributed by atoms with Gasteiger partial charge in [-0.1, -0.05) is 75.7 Å². The SMILES string of the molecule is C/C(=C\COC1CCCCO1)CC/C=C(\C)CCC(O)C#CC(=O)OCCCCCCCCO[Si](C)(C)C(C)(C)C. The van der Waals surface area contributed by atoms with Crippen LogP contribution in [0.15, 0.2) is 23.3 Å². The van der Waals surface area contributed by atoms with Crippen LogP contribution in [-0.2, 0) is 23.4 Å². The molecule has 1 N–H and O–H groups in total. The fourth-order valence-corrected chi connectivity index (χ4v) is 5.21. The second-order valence-electron chi connectivity index (χ2n) is 13.0. The predicted octanol–water partition coefficient (Wildman–Crippen LogP) is 8.25. The Bertz CT molecular complexity index is 840. The molecule has 0 radical (unpaired) electrons. The fraction of sp³-hybridized carbons (Fsp3) is 0.794. The van der Waals surface area contributed by atoms with Gasteiger partial charge in [-0.3, -0.25) is 0 Å². The number of carbonyl (C=O) groups excluding carboxylic acids is 1. The zero-order chi connectivity index (χ0) is 30.6. The lowest BCUT2D eigenvalue weighted by Crippen LogP contribution is -2.40. The maximum Gasteiger partial charge on any atom is 0.384 e. The Morgan fingerprint density at radius 3 is 2.32 bits per heavy atom. The minimum Gasteiger partial charge on any atom is -0.456 e. The maximum absolute atomic E-state index is 11.9. The first-order valence-electron chi connectivity index (χ1n) is 16.0. The molecule has 1 rings (SSSR count). The number of hydrogen-bond acceptors (Lipinski definition) is 6. The Balaban J connectivity index is 2.06. The normalized spacial score (nSPS) is 17.6. The molecule has 1 aliphatic heterocycles. The molecule has 2 unspecified atom stereocenters. The number of rotatable bonds is 19. The Hall–Kier alpha value is -1.43. The molecule has 1 heterocycles. The van der Waals surface area contributed by atoms with Gasteiger partial charge in [0.2, 0.25) is 0 Å². The largest absolute Gasteiger partial charge is 0.456 e. The first-order chi connectivity index (χ1) is 19.4. The molecule has 0 aromatic carbocycles. The Kier molecular flexibility index (Phi) is 19.5. The fourth-order valence-electron chi connectivity index (χ4n) is 4.13. The maximum atomic E-state index is 11.9. The lowest BCUT2D eigenvalue weighted by atomic mass is 10.1. The Morgan fingerprint density at radius 2 is 1.66 bits per heavy atom. The first kappa shape index (κ1) is 37.6. The average molecular weight is 593 g/mol. The van der Waals surface area contributed by atoms with E-state index >= 15 is 0 Å². The van der Waals surface area contributed by atoms with Gasteiger partial charge < -0.3 is 23.7 Å². The Morgan fingerprint density at radius 1 is 1.00 bits per heavy atom. The number of aliphatic hydroxyl groups is 1. The summed E-state index contributed by atoms with van der Waals surface area (Å²) >= 11 is 0. The van der Waals surface area contributed by atoms with Gasteiger partial charge in [-0.2, -0.15) is 0 Å². The summed E-state index contributed by atoms with van der Waals surface area (Å²) in [7, 11) is -1.63. The summed E-state index contributed by atoms with van der Waals surface area (Å²) in [6.07, 6.45) is 16.4. The van der Waals surface area contributed by atoms with Crippen molar-refractivity contribution in [1.82, 2.24) is 0 Å².